The summed E-state index contributed by atoms with van der Waals surface area (Å²) in [7, 11) is 0. The Kier molecular flexibility index (Phi) is 6.10. The van der Waals surface area contributed by atoms with Gasteiger partial charge in [0.2, 0.25) is 5.91 Å². The molecule has 4 rings (SSSR count). The minimum atomic E-state index is 0.0881. The number of amides is 1. The van der Waals surface area contributed by atoms with Crippen LogP contribution in [-0.4, -0.2) is 42.1 Å². The molecule has 28 heavy (non-hydrogen) atoms. The minimum Gasteiger partial charge on any atom is -0.367 e. The highest BCUT2D eigenvalue weighted by molar-refractivity contribution is 7.10. The van der Waals surface area contributed by atoms with E-state index >= 15 is 0 Å². The van der Waals surface area contributed by atoms with Crippen molar-refractivity contribution in [3.05, 3.63) is 34.9 Å². The predicted octanol–water partition coefficient (Wildman–Crippen LogP) is 3.62. The van der Waals surface area contributed by atoms with E-state index in [2.05, 4.69) is 43.5 Å². The Morgan fingerprint density at radius 2 is 2.04 bits per heavy atom. The Balaban J connectivity index is 1.36. The zero-order valence-electron chi connectivity index (χ0n) is 16.5. The summed E-state index contributed by atoms with van der Waals surface area (Å²) in [6.07, 6.45) is 8.72. The van der Waals surface area contributed by atoms with Gasteiger partial charge < -0.3 is 15.1 Å². The highest BCUT2D eigenvalue weighted by Crippen LogP contribution is 2.32. The summed E-state index contributed by atoms with van der Waals surface area (Å²) >= 11 is 1.71. The molecule has 0 radical (unpaired) electrons. The number of nitrogens with one attached hydrogen (secondary N) is 1. The van der Waals surface area contributed by atoms with E-state index in [4.69, 9.17) is 0 Å². The summed E-state index contributed by atoms with van der Waals surface area (Å²) in [4.78, 5) is 27.6. The largest absolute Gasteiger partial charge is 0.367 e. The topological polar surface area (TPSA) is 61.4 Å². The second-order valence-electron chi connectivity index (χ2n) is 7.67. The van der Waals surface area contributed by atoms with E-state index in [0.717, 1.165) is 56.9 Å². The van der Waals surface area contributed by atoms with Gasteiger partial charge in [-0.2, -0.15) is 0 Å². The van der Waals surface area contributed by atoms with E-state index in [1.807, 2.05) is 12.3 Å². The Hall–Kier alpha value is -2.15. The molecule has 2 aromatic heterocycles. The number of anilines is 2. The van der Waals surface area contributed by atoms with Crippen molar-refractivity contribution < 1.29 is 4.79 Å². The Bertz CT molecular complexity index is 767. The standard InChI is InChI=1S/C21H29N5OS/c1-2-17(19-6-5-13-28-19)24-21(27)16-7-11-25(12-8-16)18-14-22-15-23-20(18)26-9-3-4-10-26/h5-6,13-17H,2-4,7-12H2,1H3,(H,24,27). The van der Waals surface area contributed by atoms with Crippen molar-refractivity contribution in [3.63, 3.8) is 0 Å². The lowest BCUT2D eigenvalue weighted by Gasteiger charge is -2.35. The van der Waals surface area contributed by atoms with Crippen LogP contribution in [0.5, 0.6) is 0 Å². The second kappa shape index (κ2) is 8.90. The summed E-state index contributed by atoms with van der Waals surface area (Å²) in [6.45, 7) is 6.03. The summed E-state index contributed by atoms with van der Waals surface area (Å²) in [6, 6.07) is 4.29. The third kappa shape index (κ3) is 4.14. The Morgan fingerprint density at radius 1 is 1.25 bits per heavy atom. The van der Waals surface area contributed by atoms with Crippen molar-refractivity contribution in [1.29, 1.82) is 0 Å². The zero-order chi connectivity index (χ0) is 19.3. The quantitative estimate of drug-likeness (QED) is 0.804. The number of piperidine rings is 1. The number of thiophene rings is 1. The molecule has 1 amide bonds. The van der Waals surface area contributed by atoms with Crippen molar-refractivity contribution in [2.75, 3.05) is 36.0 Å². The molecule has 0 bridgehead atoms. The van der Waals surface area contributed by atoms with Gasteiger partial charge in [-0.3, -0.25) is 4.79 Å². The first kappa shape index (κ1) is 19.2. The highest BCUT2D eigenvalue weighted by Gasteiger charge is 2.29. The maximum atomic E-state index is 12.8. The van der Waals surface area contributed by atoms with Crippen molar-refractivity contribution in [2.24, 2.45) is 5.92 Å². The molecule has 1 unspecified atom stereocenters. The van der Waals surface area contributed by atoms with Gasteiger partial charge in [-0.25, -0.2) is 9.97 Å². The lowest BCUT2D eigenvalue weighted by Crippen LogP contribution is -2.42. The van der Waals surface area contributed by atoms with Gasteiger partial charge in [0.05, 0.1) is 17.9 Å². The Morgan fingerprint density at radius 3 is 2.71 bits per heavy atom. The van der Waals surface area contributed by atoms with E-state index < -0.39 is 0 Å². The van der Waals surface area contributed by atoms with Gasteiger partial charge >= 0.3 is 0 Å². The lowest BCUT2D eigenvalue weighted by atomic mass is 9.95. The van der Waals surface area contributed by atoms with E-state index in [9.17, 15) is 4.79 Å². The second-order valence-corrected chi connectivity index (χ2v) is 8.65. The average Bonchev–Trinajstić information content (AvgIpc) is 3.46. The highest BCUT2D eigenvalue weighted by atomic mass is 32.1. The molecule has 0 aliphatic carbocycles. The number of rotatable bonds is 6. The molecule has 7 heteroatoms. The predicted molar refractivity (Wildman–Crippen MR) is 114 cm³/mol. The first-order valence-corrected chi connectivity index (χ1v) is 11.3. The van der Waals surface area contributed by atoms with Gasteiger partial charge in [0.1, 0.15) is 6.33 Å². The molecular weight excluding hydrogens is 370 g/mol. The van der Waals surface area contributed by atoms with Crippen LogP contribution >= 0.6 is 11.3 Å². The number of hydrogen-bond donors (Lipinski definition) is 1. The van der Waals surface area contributed by atoms with Crippen LogP contribution < -0.4 is 15.1 Å². The normalized spacial score (nSPS) is 19.0. The van der Waals surface area contributed by atoms with Crippen LogP contribution in [0.2, 0.25) is 0 Å². The molecule has 150 valence electrons. The monoisotopic (exact) mass is 399 g/mol. The maximum absolute atomic E-state index is 12.8. The third-order valence-corrected chi connectivity index (χ3v) is 6.88. The van der Waals surface area contributed by atoms with Crippen molar-refractivity contribution in [3.8, 4) is 0 Å². The fraction of sp³-hybridized carbons (Fsp3) is 0.571. The molecule has 1 N–H and O–H groups in total. The van der Waals surface area contributed by atoms with Gasteiger partial charge in [-0.1, -0.05) is 13.0 Å². The van der Waals surface area contributed by atoms with Crippen LogP contribution in [0.4, 0.5) is 11.5 Å². The molecule has 2 aliphatic heterocycles. The molecule has 6 nitrogen and oxygen atoms in total. The first-order chi connectivity index (χ1) is 13.8. The number of carbonyl (C=O) groups is 1. The number of carbonyl (C=O) groups excluding carboxylic acids is 1. The SMILES string of the molecule is CCC(NC(=O)C1CCN(c2cncnc2N2CCCC2)CC1)c1cccs1. The fourth-order valence-electron chi connectivity index (χ4n) is 4.25. The molecule has 2 aromatic rings. The average molecular weight is 400 g/mol. The molecule has 4 heterocycles. The smallest absolute Gasteiger partial charge is 0.223 e. The van der Waals surface area contributed by atoms with Gasteiger partial charge in [-0.05, 0) is 43.6 Å². The van der Waals surface area contributed by atoms with Crippen LogP contribution in [0.15, 0.2) is 30.0 Å². The molecular formula is C21H29N5OS. The fourth-order valence-corrected chi connectivity index (χ4v) is 5.11. The first-order valence-electron chi connectivity index (χ1n) is 10.4. The summed E-state index contributed by atoms with van der Waals surface area (Å²) in [5.74, 6) is 1.34. The molecule has 2 saturated heterocycles. The van der Waals surface area contributed by atoms with Crippen molar-refractivity contribution >= 4 is 28.7 Å². The third-order valence-electron chi connectivity index (χ3n) is 5.90. The number of hydrogen-bond acceptors (Lipinski definition) is 6. The summed E-state index contributed by atoms with van der Waals surface area (Å²) in [5.41, 5.74) is 1.12. The molecule has 0 saturated carbocycles. The van der Waals surface area contributed by atoms with E-state index in [1.165, 1.54) is 17.7 Å². The van der Waals surface area contributed by atoms with Gasteiger partial charge in [0, 0.05) is 37.0 Å². The zero-order valence-corrected chi connectivity index (χ0v) is 17.3. The molecule has 0 aromatic carbocycles. The van der Waals surface area contributed by atoms with Crippen LogP contribution in [0.1, 0.15) is 49.9 Å². The van der Waals surface area contributed by atoms with Crippen LogP contribution in [0.3, 0.4) is 0 Å². The van der Waals surface area contributed by atoms with E-state index in [0.29, 0.717) is 0 Å². The van der Waals surface area contributed by atoms with Crippen molar-refractivity contribution in [2.45, 2.75) is 45.1 Å². The van der Waals surface area contributed by atoms with Gasteiger partial charge in [0.15, 0.2) is 5.82 Å². The van der Waals surface area contributed by atoms with Crippen LogP contribution in [0.25, 0.3) is 0 Å². The lowest BCUT2D eigenvalue weighted by molar-refractivity contribution is -0.126. The molecule has 2 aliphatic rings. The number of nitrogens with zero attached hydrogens (tertiary/aromatic N) is 4. The van der Waals surface area contributed by atoms with Gasteiger partial charge in [-0.15, -0.1) is 11.3 Å². The Labute approximate surface area is 171 Å². The van der Waals surface area contributed by atoms with E-state index in [-0.39, 0.29) is 17.9 Å². The van der Waals surface area contributed by atoms with Gasteiger partial charge in [0.25, 0.3) is 0 Å². The van der Waals surface area contributed by atoms with E-state index in [1.54, 1.807) is 17.7 Å². The summed E-state index contributed by atoms with van der Waals surface area (Å²) in [5, 5.41) is 5.34. The summed E-state index contributed by atoms with van der Waals surface area (Å²) < 4.78 is 0. The van der Waals surface area contributed by atoms with Crippen LogP contribution in [-0.2, 0) is 4.79 Å². The van der Waals surface area contributed by atoms with Crippen molar-refractivity contribution in [1.82, 2.24) is 15.3 Å². The van der Waals surface area contributed by atoms with Crippen LogP contribution in [0, 0.1) is 5.92 Å². The molecule has 0 spiro atoms. The number of aromatic nitrogens is 2. The maximum Gasteiger partial charge on any atom is 0.223 e. The molecule has 2 fully saturated rings. The molecule has 1 atom stereocenters. The minimum absolute atomic E-state index is 0.0881.